The van der Waals surface area contributed by atoms with Gasteiger partial charge in [0.15, 0.2) is 5.82 Å². The van der Waals surface area contributed by atoms with E-state index in [1.165, 1.54) is 12.1 Å². The van der Waals surface area contributed by atoms with Crippen molar-refractivity contribution in [2.24, 2.45) is 0 Å². The highest BCUT2D eigenvalue weighted by molar-refractivity contribution is 6.37. The largest absolute Gasteiger partial charge is 0.422 e. The summed E-state index contributed by atoms with van der Waals surface area (Å²) in [5.41, 5.74) is 1.72. The standard InChI is InChI=1S/C24H16Cl2F3N3O2/c25-16-5-6-20-17(9-16)21(26)18(23(33)34-20)12-32-8-7-19-14(11-32)10-30-22(31-19)13-1-3-15(4-2-13)24(27,28)29/h1-6,9-10H,7-8,11-12H2. The Labute approximate surface area is 201 Å². The molecule has 3 heterocycles. The lowest BCUT2D eigenvalue weighted by Gasteiger charge is -2.28. The maximum absolute atomic E-state index is 12.8. The molecule has 0 spiro atoms. The molecule has 0 bridgehead atoms. The highest BCUT2D eigenvalue weighted by Crippen LogP contribution is 2.31. The molecule has 0 atom stereocenters. The van der Waals surface area contributed by atoms with Crippen molar-refractivity contribution in [2.45, 2.75) is 25.7 Å². The molecule has 0 saturated carbocycles. The highest BCUT2D eigenvalue weighted by Gasteiger charge is 2.30. The number of benzene rings is 2. The minimum Gasteiger partial charge on any atom is -0.422 e. The zero-order chi connectivity index (χ0) is 24.0. The van der Waals surface area contributed by atoms with E-state index in [2.05, 4.69) is 9.97 Å². The Morgan fingerprint density at radius 1 is 1.09 bits per heavy atom. The molecule has 4 aromatic rings. The van der Waals surface area contributed by atoms with E-state index in [0.717, 1.165) is 23.4 Å². The van der Waals surface area contributed by atoms with Gasteiger partial charge in [-0.3, -0.25) is 4.90 Å². The second-order valence-electron chi connectivity index (χ2n) is 8.02. The highest BCUT2D eigenvalue weighted by atomic mass is 35.5. The van der Waals surface area contributed by atoms with Crippen LogP contribution < -0.4 is 5.63 Å². The van der Waals surface area contributed by atoms with Gasteiger partial charge >= 0.3 is 11.8 Å². The normalized spacial score (nSPS) is 14.4. The second-order valence-corrected chi connectivity index (χ2v) is 8.84. The Bertz CT molecular complexity index is 1450. The average Bonchev–Trinajstić information content (AvgIpc) is 2.81. The van der Waals surface area contributed by atoms with Crippen LogP contribution in [0.1, 0.15) is 22.4 Å². The van der Waals surface area contributed by atoms with Crippen LogP contribution in [0.5, 0.6) is 0 Å². The van der Waals surface area contributed by atoms with Crippen LogP contribution in [0.3, 0.4) is 0 Å². The van der Waals surface area contributed by atoms with Crippen LogP contribution in [0.15, 0.2) is 57.9 Å². The van der Waals surface area contributed by atoms with Gasteiger partial charge < -0.3 is 4.42 Å². The minimum absolute atomic E-state index is 0.281. The van der Waals surface area contributed by atoms with Crippen LogP contribution in [-0.4, -0.2) is 21.4 Å². The molecule has 0 saturated heterocycles. The average molecular weight is 506 g/mol. The SMILES string of the molecule is O=c1oc2ccc(Cl)cc2c(Cl)c1CN1CCc2nc(-c3ccc(C(F)(F)F)cc3)ncc2C1. The number of hydrogen-bond acceptors (Lipinski definition) is 5. The Morgan fingerprint density at radius 3 is 2.59 bits per heavy atom. The molecular formula is C24H16Cl2F3N3O2. The van der Waals surface area contributed by atoms with Gasteiger partial charge in [0.25, 0.3) is 0 Å². The maximum atomic E-state index is 12.8. The van der Waals surface area contributed by atoms with Gasteiger partial charge in [0.05, 0.1) is 21.8 Å². The summed E-state index contributed by atoms with van der Waals surface area (Å²) in [5.74, 6) is 0.371. The lowest BCUT2D eigenvalue weighted by atomic mass is 10.1. The first-order valence-corrected chi connectivity index (χ1v) is 11.1. The van der Waals surface area contributed by atoms with Crippen molar-refractivity contribution >= 4 is 34.2 Å². The van der Waals surface area contributed by atoms with Gasteiger partial charge in [-0.05, 0) is 30.3 Å². The number of rotatable bonds is 3. The number of nitrogens with zero attached hydrogens (tertiary/aromatic N) is 3. The molecule has 5 nitrogen and oxygen atoms in total. The third kappa shape index (κ3) is 4.41. The second kappa shape index (κ2) is 8.69. The molecule has 5 rings (SSSR count). The van der Waals surface area contributed by atoms with Crippen molar-refractivity contribution in [2.75, 3.05) is 6.54 Å². The molecule has 10 heteroatoms. The van der Waals surface area contributed by atoms with E-state index >= 15 is 0 Å². The van der Waals surface area contributed by atoms with Crippen molar-refractivity contribution in [3.63, 3.8) is 0 Å². The summed E-state index contributed by atoms with van der Waals surface area (Å²) in [6.45, 7) is 1.38. The van der Waals surface area contributed by atoms with Gasteiger partial charge in [-0.1, -0.05) is 35.3 Å². The molecule has 174 valence electrons. The Morgan fingerprint density at radius 2 is 1.85 bits per heavy atom. The Balaban J connectivity index is 1.37. The summed E-state index contributed by atoms with van der Waals surface area (Å²) in [5, 5.41) is 1.38. The molecule has 1 aliphatic heterocycles. The van der Waals surface area contributed by atoms with Crippen molar-refractivity contribution < 1.29 is 17.6 Å². The van der Waals surface area contributed by atoms with Gasteiger partial charge in [-0.25, -0.2) is 14.8 Å². The predicted octanol–water partition coefficient (Wildman–Crippen LogP) is 6.13. The third-order valence-corrected chi connectivity index (χ3v) is 6.42. The lowest BCUT2D eigenvalue weighted by molar-refractivity contribution is -0.137. The molecule has 0 aliphatic carbocycles. The van der Waals surface area contributed by atoms with Crippen LogP contribution in [0.4, 0.5) is 13.2 Å². The topological polar surface area (TPSA) is 59.2 Å². The van der Waals surface area contributed by atoms with Gasteiger partial charge in [0.2, 0.25) is 0 Å². The van der Waals surface area contributed by atoms with E-state index in [1.54, 1.807) is 24.4 Å². The lowest BCUT2D eigenvalue weighted by Crippen LogP contribution is -2.32. The molecule has 34 heavy (non-hydrogen) atoms. The maximum Gasteiger partial charge on any atom is 0.416 e. The number of alkyl halides is 3. The monoisotopic (exact) mass is 505 g/mol. The van der Waals surface area contributed by atoms with Gasteiger partial charge in [0.1, 0.15) is 5.58 Å². The summed E-state index contributed by atoms with van der Waals surface area (Å²) in [4.78, 5) is 23.5. The van der Waals surface area contributed by atoms with E-state index in [1.807, 2.05) is 4.90 Å². The summed E-state index contributed by atoms with van der Waals surface area (Å²) >= 11 is 12.6. The fourth-order valence-corrected chi connectivity index (χ4v) is 4.45. The van der Waals surface area contributed by atoms with Crippen LogP contribution in [-0.2, 0) is 25.7 Å². The quantitative estimate of drug-likeness (QED) is 0.313. The molecule has 2 aromatic heterocycles. The first kappa shape index (κ1) is 22.8. The molecular weight excluding hydrogens is 490 g/mol. The number of aromatic nitrogens is 2. The summed E-state index contributed by atoms with van der Waals surface area (Å²) in [6.07, 6.45) is -2.13. The predicted molar refractivity (Wildman–Crippen MR) is 123 cm³/mol. The zero-order valence-corrected chi connectivity index (χ0v) is 19.0. The number of halogens is 5. The molecule has 0 radical (unpaired) electrons. The first-order valence-electron chi connectivity index (χ1n) is 10.3. The molecule has 2 aromatic carbocycles. The van der Waals surface area contributed by atoms with E-state index < -0.39 is 17.4 Å². The fourth-order valence-electron chi connectivity index (χ4n) is 3.99. The molecule has 0 N–H and O–H groups in total. The van der Waals surface area contributed by atoms with E-state index in [9.17, 15) is 18.0 Å². The van der Waals surface area contributed by atoms with Crippen LogP contribution >= 0.6 is 23.2 Å². The van der Waals surface area contributed by atoms with Gasteiger partial charge in [-0.15, -0.1) is 0 Å². The van der Waals surface area contributed by atoms with Crippen molar-refractivity contribution in [1.82, 2.24) is 14.9 Å². The van der Waals surface area contributed by atoms with Gasteiger partial charge in [-0.2, -0.15) is 13.2 Å². The molecule has 0 fully saturated rings. The summed E-state index contributed by atoms with van der Waals surface area (Å²) < 4.78 is 43.8. The fraction of sp³-hybridized carbons (Fsp3) is 0.208. The number of hydrogen-bond donors (Lipinski definition) is 0. The zero-order valence-electron chi connectivity index (χ0n) is 17.5. The Kier molecular flexibility index (Phi) is 5.83. The van der Waals surface area contributed by atoms with E-state index in [4.69, 9.17) is 27.6 Å². The van der Waals surface area contributed by atoms with Crippen LogP contribution in [0.2, 0.25) is 10.0 Å². The first-order chi connectivity index (χ1) is 16.2. The third-order valence-electron chi connectivity index (χ3n) is 5.76. The van der Waals surface area contributed by atoms with E-state index in [0.29, 0.717) is 57.5 Å². The molecule has 0 unspecified atom stereocenters. The van der Waals surface area contributed by atoms with Crippen LogP contribution in [0, 0.1) is 0 Å². The Hall–Kier alpha value is -2.94. The van der Waals surface area contributed by atoms with E-state index in [-0.39, 0.29) is 6.54 Å². The number of fused-ring (bicyclic) bond motifs is 2. The summed E-state index contributed by atoms with van der Waals surface area (Å²) in [7, 11) is 0. The van der Waals surface area contributed by atoms with Gasteiger partial charge in [0, 0.05) is 53.8 Å². The van der Waals surface area contributed by atoms with Crippen molar-refractivity contribution in [3.8, 4) is 11.4 Å². The smallest absolute Gasteiger partial charge is 0.416 e. The summed E-state index contributed by atoms with van der Waals surface area (Å²) in [6, 6.07) is 9.67. The van der Waals surface area contributed by atoms with Crippen LogP contribution in [0.25, 0.3) is 22.4 Å². The molecule has 1 aliphatic rings. The van der Waals surface area contributed by atoms with Crippen molar-refractivity contribution in [1.29, 1.82) is 0 Å². The molecule has 0 amide bonds. The minimum atomic E-state index is -4.39. The van der Waals surface area contributed by atoms with Crippen molar-refractivity contribution in [3.05, 3.63) is 91.5 Å².